The Morgan fingerprint density at radius 3 is 0.500 bits per heavy atom. The van der Waals surface area contributed by atoms with Gasteiger partial charge in [0.15, 0.2) is 0 Å². The number of rotatable bonds is 0. The van der Waals surface area contributed by atoms with Gasteiger partial charge in [-0.3, -0.25) is 0 Å². The van der Waals surface area contributed by atoms with Crippen molar-refractivity contribution in [3.8, 4) is 0 Å². The van der Waals surface area contributed by atoms with Crippen LogP contribution in [0, 0.1) is 0 Å². The first kappa shape index (κ1) is 29.9. The summed E-state index contributed by atoms with van der Waals surface area (Å²) >= 11 is 0. The Balaban J connectivity index is 0. The van der Waals surface area contributed by atoms with Gasteiger partial charge in [-0.05, 0) is 0 Å². The average molecular weight is 116 g/mol. The summed E-state index contributed by atoms with van der Waals surface area (Å²) in [7, 11) is 0. The molecule has 20 valence electrons. The van der Waals surface area contributed by atoms with Gasteiger partial charge in [-0.25, -0.2) is 0 Å². The van der Waals surface area contributed by atoms with Gasteiger partial charge in [0.1, 0.15) is 0 Å². The van der Waals surface area contributed by atoms with Gasteiger partial charge < -0.3 is 0 Å². The van der Waals surface area contributed by atoms with Crippen LogP contribution in [0.4, 0.5) is 0 Å². The number of hydrogen-bond acceptors (Lipinski definition) is 0. The summed E-state index contributed by atoms with van der Waals surface area (Å²) < 4.78 is 0. The van der Waals surface area contributed by atoms with Crippen molar-refractivity contribution in [1.29, 1.82) is 0 Å². The molecule has 4 heavy (non-hydrogen) atoms. The zero-order chi connectivity index (χ0) is 0. The van der Waals surface area contributed by atoms with Crippen LogP contribution < -0.4 is 0 Å². The molecule has 0 spiro atoms. The third-order valence-corrected chi connectivity index (χ3v) is 0. The third kappa shape index (κ3) is 8.83. The first-order chi connectivity index (χ1) is 0. The summed E-state index contributed by atoms with van der Waals surface area (Å²) in [5.74, 6) is 0. The third-order valence-electron chi connectivity index (χ3n) is 0. The molecule has 0 bridgehead atoms. The van der Waals surface area contributed by atoms with Crippen molar-refractivity contribution in [2.45, 2.75) is 0 Å². The summed E-state index contributed by atoms with van der Waals surface area (Å²) in [6.07, 6.45) is 0. The monoisotopic (exact) mass is 116 g/mol. The van der Waals surface area contributed by atoms with Crippen LogP contribution in [0.25, 0.3) is 0 Å². The van der Waals surface area contributed by atoms with Crippen molar-refractivity contribution < 1.29 is 0 Å². The van der Waals surface area contributed by atoms with E-state index in [9.17, 15) is 0 Å². The fraction of sp³-hybridized carbons (Fsp3) is 0. The SMILES string of the molecule is S.S.[NaH].[NaH]. The normalized spacial score (nSPS) is 0. The van der Waals surface area contributed by atoms with E-state index >= 15 is 0 Å². The summed E-state index contributed by atoms with van der Waals surface area (Å²) in [6, 6.07) is 0. The Morgan fingerprint density at radius 1 is 0.500 bits per heavy atom. The van der Waals surface area contributed by atoms with E-state index in [0.29, 0.717) is 0 Å². The topological polar surface area (TPSA) is 0 Å². The minimum absolute atomic E-state index is 0. The van der Waals surface area contributed by atoms with Crippen LogP contribution in [0.2, 0.25) is 0 Å². The average Bonchev–Trinajstić information content (AvgIpc) is 0. The molecule has 0 amide bonds. The Hall–Kier alpha value is 2.70. The zero-order valence-electron chi connectivity index (χ0n) is 1.00. The van der Waals surface area contributed by atoms with Gasteiger partial charge in [0.2, 0.25) is 0 Å². The van der Waals surface area contributed by atoms with Gasteiger partial charge >= 0.3 is 59.1 Å². The van der Waals surface area contributed by atoms with Gasteiger partial charge in [-0.15, -0.1) is 0 Å². The van der Waals surface area contributed by atoms with E-state index in [0.717, 1.165) is 0 Å². The molecule has 0 aromatic rings. The predicted molar refractivity (Wildman–Crippen MR) is 35.1 cm³/mol. The Bertz CT molecular complexity index is 4.00. The first-order valence-electron chi connectivity index (χ1n) is 0. The molecule has 0 atom stereocenters. The van der Waals surface area contributed by atoms with E-state index in [4.69, 9.17) is 0 Å². The Labute approximate surface area is 84.6 Å². The van der Waals surface area contributed by atoms with Crippen LogP contribution in [0.15, 0.2) is 0 Å². The molecule has 0 heterocycles. The maximum atomic E-state index is 0. The van der Waals surface area contributed by atoms with Gasteiger partial charge in [-0.2, -0.15) is 27.0 Å². The molecule has 0 aromatic heterocycles. The van der Waals surface area contributed by atoms with Crippen molar-refractivity contribution in [3.63, 3.8) is 0 Å². The van der Waals surface area contributed by atoms with Crippen molar-refractivity contribution >= 4 is 86.1 Å². The Kier molecular flexibility index (Phi) is 129. The van der Waals surface area contributed by atoms with Crippen LogP contribution in [0.1, 0.15) is 0 Å². The summed E-state index contributed by atoms with van der Waals surface area (Å²) in [6.45, 7) is 0. The molecule has 0 saturated carbocycles. The van der Waals surface area contributed by atoms with Crippen LogP contribution in [0.3, 0.4) is 0 Å². The zero-order valence-corrected chi connectivity index (χ0v) is 3.00. The van der Waals surface area contributed by atoms with E-state index in [-0.39, 0.29) is 86.1 Å². The molecule has 0 saturated heterocycles. The molecule has 0 aromatic carbocycles. The first-order valence-corrected chi connectivity index (χ1v) is 0. The molecule has 0 rings (SSSR count). The van der Waals surface area contributed by atoms with Crippen molar-refractivity contribution in [1.82, 2.24) is 0 Å². The van der Waals surface area contributed by atoms with E-state index < -0.39 is 0 Å². The standard InChI is InChI=1S/2Na.2H2S.2H/h;;2*1H2;;. The van der Waals surface area contributed by atoms with Crippen molar-refractivity contribution in [2.75, 3.05) is 0 Å². The molecule has 0 aliphatic rings. The van der Waals surface area contributed by atoms with E-state index in [1.54, 1.807) is 0 Å². The maximum absolute atomic E-state index is 0. The van der Waals surface area contributed by atoms with Gasteiger partial charge in [0.25, 0.3) is 0 Å². The fourth-order valence-corrected chi connectivity index (χ4v) is 0. The quantitative estimate of drug-likeness (QED) is 0.353. The molecule has 0 unspecified atom stereocenters. The molecule has 0 radical (unpaired) electrons. The molecule has 0 nitrogen and oxygen atoms in total. The number of hydrogen-bond donors (Lipinski definition) is 0. The van der Waals surface area contributed by atoms with Crippen molar-refractivity contribution in [2.24, 2.45) is 0 Å². The second-order valence-corrected chi connectivity index (χ2v) is 0. The molecular formula is H6Na2S2. The van der Waals surface area contributed by atoms with E-state index in [2.05, 4.69) is 0 Å². The van der Waals surface area contributed by atoms with E-state index in [1.165, 1.54) is 0 Å². The van der Waals surface area contributed by atoms with Crippen LogP contribution in [-0.4, -0.2) is 59.1 Å². The Morgan fingerprint density at radius 2 is 0.500 bits per heavy atom. The summed E-state index contributed by atoms with van der Waals surface area (Å²) in [5.41, 5.74) is 0. The van der Waals surface area contributed by atoms with Crippen molar-refractivity contribution in [3.05, 3.63) is 0 Å². The summed E-state index contributed by atoms with van der Waals surface area (Å²) in [5, 5.41) is 0. The molecule has 0 aliphatic carbocycles. The molecule has 0 aliphatic heterocycles. The summed E-state index contributed by atoms with van der Waals surface area (Å²) in [4.78, 5) is 0. The van der Waals surface area contributed by atoms with E-state index in [1.807, 2.05) is 0 Å². The van der Waals surface area contributed by atoms with Crippen LogP contribution >= 0.6 is 27.0 Å². The second-order valence-electron chi connectivity index (χ2n) is 0. The van der Waals surface area contributed by atoms with Crippen LogP contribution in [-0.2, 0) is 0 Å². The van der Waals surface area contributed by atoms with Crippen LogP contribution in [0.5, 0.6) is 0 Å². The van der Waals surface area contributed by atoms with Gasteiger partial charge in [0, 0.05) is 0 Å². The second kappa shape index (κ2) is 17.3. The minimum atomic E-state index is 0. The molecule has 0 fully saturated rings. The molecule has 0 N–H and O–H groups in total. The van der Waals surface area contributed by atoms with Gasteiger partial charge in [-0.1, -0.05) is 0 Å². The molecule has 4 heteroatoms. The molecular weight excluding hydrogens is 110 g/mol. The van der Waals surface area contributed by atoms with Gasteiger partial charge in [0.05, 0.1) is 0 Å². The fourth-order valence-electron chi connectivity index (χ4n) is 0. The predicted octanol–water partition coefficient (Wildman–Crippen LogP) is -1.07.